The Labute approximate surface area is 118 Å². The van der Waals surface area contributed by atoms with Crippen LogP contribution in [0.5, 0.6) is 5.75 Å². The van der Waals surface area contributed by atoms with E-state index in [0.717, 1.165) is 27.8 Å². The number of aromatic nitrogens is 1. The van der Waals surface area contributed by atoms with Gasteiger partial charge >= 0.3 is 0 Å². The lowest BCUT2D eigenvalue weighted by molar-refractivity contribution is 0.419. The molecule has 1 heterocycles. The second-order valence-corrected chi connectivity index (χ2v) is 4.33. The summed E-state index contributed by atoms with van der Waals surface area (Å²) in [4.78, 5) is 4.37. The molecule has 0 atom stereocenters. The zero-order chi connectivity index (χ0) is 13.8. The first-order chi connectivity index (χ1) is 9.88. The maximum absolute atomic E-state index is 5.33. The molecule has 0 radical (unpaired) electrons. The fourth-order valence-electron chi connectivity index (χ4n) is 2.08. The van der Waals surface area contributed by atoms with Crippen molar-refractivity contribution in [2.75, 3.05) is 7.11 Å². The molecule has 20 heavy (non-hydrogen) atoms. The zero-order valence-electron chi connectivity index (χ0n) is 11.1. The molecule has 0 fully saturated rings. The van der Waals surface area contributed by atoms with E-state index in [0.29, 0.717) is 0 Å². The van der Waals surface area contributed by atoms with Gasteiger partial charge in [0.15, 0.2) is 0 Å². The second kappa shape index (κ2) is 5.46. The summed E-state index contributed by atoms with van der Waals surface area (Å²) in [5.41, 5.74) is 2.80. The van der Waals surface area contributed by atoms with E-state index in [9.17, 15) is 0 Å². The normalized spacial score (nSPS) is 9.85. The van der Waals surface area contributed by atoms with E-state index in [4.69, 9.17) is 4.74 Å². The van der Waals surface area contributed by atoms with Crippen LogP contribution in [0.25, 0.3) is 10.9 Å². The van der Waals surface area contributed by atoms with E-state index < -0.39 is 0 Å². The lowest BCUT2D eigenvalue weighted by Gasteiger charge is -2.05. The number of hydrogen-bond acceptors (Lipinski definition) is 2. The quantitative estimate of drug-likeness (QED) is 0.622. The van der Waals surface area contributed by atoms with Crippen molar-refractivity contribution >= 4 is 10.9 Å². The summed E-state index contributed by atoms with van der Waals surface area (Å²) in [6.07, 6.45) is 1.76. The molecule has 1 aromatic heterocycles. The molecule has 0 saturated carbocycles. The van der Waals surface area contributed by atoms with Crippen molar-refractivity contribution < 1.29 is 4.74 Å². The second-order valence-electron chi connectivity index (χ2n) is 4.33. The number of fused-ring (bicyclic) bond motifs is 1. The average molecular weight is 259 g/mol. The molecule has 3 rings (SSSR count). The van der Waals surface area contributed by atoms with Crippen molar-refractivity contribution in [2.24, 2.45) is 0 Å². The van der Waals surface area contributed by atoms with Crippen molar-refractivity contribution in [1.82, 2.24) is 4.98 Å². The van der Waals surface area contributed by atoms with Crippen molar-refractivity contribution in [1.29, 1.82) is 0 Å². The predicted molar refractivity (Wildman–Crippen MR) is 80.7 cm³/mol. The smallest absolute Gasteiger partial charge is 0.145 e. The fourth-order valence-corrected chi connectivity index (χ4v) is 2.08. The summed E-state index contributed by atoms with van der Waals surface area (Å²) < 4.78 is 5.33. The molecule has 2 aromatic carbocycles. The van der Waals surface area contributed by atoms with Crippen LogP contribution in [0, 0.1) is 11.8 Å². The van der Waals surface area contributed by atoms with E-state index >= 15 is 0 Å². The van der Waals surface area contributed by atoms with Crippen LogP contribution in [0.15, 0.2) is 60.8 Å². The third kappa shape index (κ3) is 2.34. The molecular weight excluding hydrogens is 246 g/mol. The zero-order valence-corrected chi connectivity index (χ0v) is 11.1. The molecule has 0 bridgehead atoms. The highest BCUT2D eigenvalue weighted by Gasteiger charge is 2.04. The molecule has 2 heteroatoms. The van der Waals surface area contributed by atoms with Crippen molar-refractivity contribution in [2.45, 2.75) is 0 Å². The maximum atomic E-state index is 5.33. The van der Waals surface area contributed by atoms with Crippen molar-refractivity contribution in [3.63, 3.8) is 0 Å². The summed E-state index contributed by atoms with van der Waals surface area (Å²) in [5.74, 6) is 7.15. The fraction of sp³-hybridized carbons (Fsp3) is 0.0556. The highest BCUT2D eigenvalue weighted by molar-refractivity contribution is 5.89. The lowest BCUT2D eigenvalue weighted by Crippen LogP contribution is -1.89. The topological polar surface area (TPSA) is 22.1 Å². The Balaban J connectivity index is 2.12. The van der Waals surface area contributed by atoms with Gasteiger partial charge in [-0.3, -0.25) is 4.98 Å². The van der Waals surface area contributed by atoms with Gasteiger partial charge in [-0.15, -0.1) is 0 Å². The number of ether oxygens (including phenoxy) is 1. The molecule has 0 unspecified atom stereocenters. The molecule has 0 aliphatic heterocycles. The largest absolute Gasteiger partial charge is 0.494 e. The summed E-state index contributed by atoms with van der Waals surface area (Å²) in [6, 6.07) is 17.7. The van der Waals surface area contributed by atoms with Crippen LogP contribution < -0.4 is 4.74 Å². The molecule has 2 nitrogen and oxygen atoms in total. The Kier molecular flexibility index (Phi) is 3.34. The number of nitrogens with zero attached hydrogens (tertiary/aromatic N) is 1. The third-order valence-corrected chi connectivity index (χ3v) is 3.07. The van der Waals surface area contributed by atoms with Gasteiger partial charge in [0.25, 0.3) is 0 Å². The molecular formula is C18H13NO. The van der Waals surface area contributed by atoms with Gasteiger partial charge in [0.05, 0.1) is 7.11 Å². The Morgan fingerprint density at radius 3 is 2.55 bits per heavy atom. The lowest BCUT2D eigenvalue weighted by atomic mass is 10.1. The molecule has 0 saturated heterocycles. The van der Waals surface area contributed by atoms with E-state index in [-0.39, 0.29) is 0 Å². The van der Waals surface area contributed by atoms with Gasteiger partial charge in [-0.2, -0.15) is 0 Å². The molecule has 0 amide bonds. The number of benzene rings is 2. The first-order valence-electron chi connectivity index (χ1n) is 6.37. The van der Waals surface area contributed by atoms with Gasteiger partial charge < -0.3 is 4.74 Å². The van der Waals surface area contributed by atoms with Crippen LogP contribution in [0.1, 0.15) is 11.1 Å². The van der Waals surface area contributed by atoms with Gasteiger partial charge in [-0.05, 0) is 24.3 Å². The van der Waals surface area contributed by atoms with Gasteiger partial charge in [0, 0.05) is 22.7 Å². The van der Waals surface area contributed by atoms with Gasteiger partial charge in [-0.25, -0.2) is 0 Å². The number of methoxy groups -OCH3 is 1. The van der Waals surface area contributed by atoms with Crippen molar-refractivity contribution in [3.8, 4) is 17.6 Å². The van der Waals surface area contributed by atoms with Crippen LogP contribution in [-0.2, 0) is 0 Å². The Morgan fingerprint density at radius 1 is 0.900 bits per heavy atom. The van der Waals surface area contributed by atoms with Crippen LogP contribution in [0.3, 0.4) is 0 Å². The van der Waals surface area contributed by atoms with Crippen LogP contribution in [0.2, 0.25) is 0 Å². The Morgan fingerprint density at radius 2 is 1.75 bits per heavy atom. The van der Waals surface area contributed by atoms with Crippen LogP contribution in [-0.4, -0.2) is 12.1 Å². The monoisotopic (exact) mass is 259 g/mol. The van der Waals surface area contributed by atoms with E-state index in [2.05, 4.69) is 16.8 Å². The van der Waals surface area contributed by atoms with E-state index in [1.165, 1.54) is 0 Å². The van der Waals surface area contributed by atoms with Gasteiger partial charge in [-0.1, -0.05) is 42.2 Å². The first-order valence-corrected chi connectivity index (χ1v) is 6.37. The Bertz CT molecular complexity index is 798. The van der Waals surface area contributed by atoms with Gasteiger partial charge in [0.2, 0.25) is 0 Å². The number of para-hydroxylation sites is 1. The average Bonchev–Trinajstić information content (AvgIpc) is 2.53. The van der Waals surface area contributed by atoms with Crippen molar-refractivity contribution in [3.05, 3.63) is 71.9 Å². The minimum Gasteiger partial charge on any atom is -0.494 e. The van der Waals surface area contributed by atoms with Crippen LogP contribution in [0.4, 0.5) is 0 Å². The summed E-state index contributed by atoms with van der Waals surface area (Å²) in [7, 11) is 1.65. The predicted octanol–water partition coefficient (Wildman–Crippen LogP) is 3.64. The summed E-state index contributed by atoms with van der Waals surface area (Å²) >= 11 is 0. The van der Waals surface area contributed by atoms with Gasteiger partial charge in [0.1, 0.15) is 11.3 Å². The summed E-state index contributed by atoms with van der Waals surface area (Å²) in [6.45, 7) is 0. The standard InChI is InChI=1S/C18H13NO/c1-20-17-9-5-8-16-15(12-13-19-18(16)17)11-10-14-6-3-2-4-7-14/h2-9,12-13H,1H3. The Hall–Kier alpha value is -2.79. The minimum absolute atomic E-state index is 0.769. The van der Waals surface area contributed by atoms with Crippen LogP contribution >= 0.6 is 0 Å². The first kappa shape index (κ1) is 12.3. The number of hydrogen-bond donors (Lipinski definition) is 0. The highest BCUT2D eigenvalue weighted by atomic mass is 16.5. The number of rotatable bonds is 1. The van der Waals surface area contributed by atoms with E-state index in [1.54, 1.807) is 13.3 Å². The molecule has 0 aliphatic rings. The number of pyridine rings is 1. The maximum Gasteiger partial charge on any atom is 0.145 e. The third-order valence-electron chi connectivity index (χ3n) is 3.07. The highest BCUT2D eigenvalue weighted by Crippen LogP contribution is 2.25. The molecule has 0 spiro atoms. The minimum atomic E-state index is 0.769. The molecule has 3 aromatic rings. The molecule has 96 valence electrons. The SMILES string of the molecule is COc1cccc2c(C#Cc3ccccc3)ccnc12. The summed E-state index contributed by atoms with van der Waals surface area (Å²) in [5, 5.41) is 1.01. The van der Waals surface area contributed by atoms with E-state index in [1.807, 2.05) is 54.6 Å². The molecule has 0 N–H and O–H groups in total. The molecule has 0 aliphatic carbocycles.